The van der Waals surface area contributed by atoms with Crippen molar-refractivity contribution in [3.63, 3.8) is 0 Å². The fourth-order valence-electron chi connectivity index (χ4n) is 2.44. The van der Waals surface area contributed by atoms with Crippen LogP contribution in [0.5, 0.6) is 5.75 Å². The third-order valence-electron chi connectivity index (χ3n) is 3.66. The zero-order valence-electron chi connectivity index (χ0n) is 13.4. The highest BCUT2D eigenvalue weighted by Crippen LogP contribution is 2.21. The van der Waals surface area contributed by atoms with Crippen molar-refractivity contribution in [3.05, 3.63) is 95.3 Å². The minimum absolute atomic E-state index is 0.0734. The van der Waals surface area contributed by atoms with Gasteiger partial charge < -0.3 is 10.1 Å². The number of halogens is 1. The van der Waals surface area contributed by atoms with E-state index in [0.29, 0.717) is 10.8 Å². The lowest BCUT2D eigenvalue weighted by molar-refractivity contribution is -0.123. The summed E-state index contributed by atoms with van der Waals surface area (Å²) >= 11 is 5.84. The molecule has 1 atom stereocenters. The van der Waals surface area contributed by atoms with E-state index in [9.17, 15) is 4.79 Å². The van der Waals surface area contributed by atoms with Gasteiger partial charge in [-0.2, -0.15) is 0 Å². The van der Waals surface area contributed by atoms with E-state index in [1.165, 1.54) is 0 Å². The average molecular weight is 353 g/mol. The van der Waals surface area contributed by atoms with Gasteiger partial charge in [0.05, 0.1) is 6.04 Å². The number of ether oxygens (including phenoxy) is 1. The van der Waals surface area contributed by atoms with Crippen molar-refractivity contribution >= 4 is 17.5 Å². The standard InChI is InChI=1S/C20H17ClN2O2/c21-17-6-8-18(9-7-17)25-14-19(24)23-20(15-4-2-1-3-5-15)16-10-12-22-13-11-16/h1-13,20H,14H2,(H,23,24). The molecule has 1 unspecified atom stereocenters. The lowest BCUT2D eigenvalue weighted by Crippen LogP contribution is -2.33. The molecule has 3 rings (SSSR count). The molecular formula is C20H17ClN2O2. The topological polar surface area (TPSA) is 51.2 Å². The second-order valence-electron chi connectivity index (χ2n) is 5.43. The normalized spacial score (nSPS) is 11.6. The van der Waals surface area contributed by atoms with Crippen LogP contribution in [0.1, 0.15) is 17.2 Å². The van der Waals surface area contributed by atoms with Crippen LogP contribution in [0.15, 0.2) is 79.1 Å². The molecule has 3 aromatic rings. The molecule has 0 aliphatic heterocycles. The van der Waals surface area contributed by atoms with Crippen molar-refractivity contribution in [1.29, 1.82) is 0 Å². The van der Waals surface area contributed by atoms with E-state index >= 15 is 0 Å². The van der Waals surface area contributed by atoms with Gasteiger partial charge >= 0.3 is 0 Å². The van der Waals surface area contributed by atoms with Crippen molar-refractivity contribution < 1.29 is 9.53 Å². The largest absolute Gasteiger partial charge is 0.484 e. The highest BCUT2D eigenvalue weighted by atomic mass is 35.5. The number of carbonyl (C=O) groups is 1. The first-order valence-corrected chi connectivity index (χ1v) is 8.23. The van der Waals surface area contributed by atoms with Gasteiger partial charge in [-0.25, -0.2) is 0 Å². The number of pyridine rings is 1. The maximum atomic E-state index is 12.4. The van der Waals surface area contributed by atoms with Crippen LogP contribution in [0.25, 0.3) is 0 Å². The summed E-state index contributed by atoms with van der Waals surface area (Å²) in [6.07, 6.45) is 3.42. The van der Waals surface area contributed by atoms with Gasteiger partial charge in [0.2, 0.25) is 0 Å². The number of rotatable bonds is 6. The van der Waals surface area contributed by atoms with Gasteiger partial charge in [0.1, 0.15) is 5.75 Å². The molecule has 1 heterocycles. The molecule has 0 saturated heterocycles. The molecule has 0 aliphatic carbocycles. The lowest BCUT2D eigenvalue weighted by atomic mass is 10.00. The molecule has 5 heteroatoms. The van der Waals surface area contributed by atoms with Crippen LogP contribution in [0, 0.1) is 0 Å². The molecule has 0 radical (unpaired) electrons. The van der Waals surface area contributed by atoms with Crippen molar-refractivity contribution in [2.75, 3.05) is 6.61 Å². The van der Waals surface area contributed by atoms with Crippen LogP contribution in [-0.4, -0.2) is 17.5 Å². The molecule has 0 aliphatic rings. The Balaban J connectivity index is 1.69. The molecule has 1 aromatic heterocycles. The summed E-state index contributed by atoms with van der Waals surface area (Å²) in [5.41, 5.74) is 1.95. The van der Waals surface area contributed by atoms with Crippen molar-refractivity contribution in [2.24, 2.45) is 0 Å². The van der Waals surface area contributed by atoms with Crippen LogP contribution < -0.4 is 10.1 Å². The van der Waals surface area contributed by atoms with E-state index in [1.54, 1.807) is 36.7 Å². The first-order valence-electron chi connectivity index (χ1n) is 7.85. The summed E-state index contributed by atoms with van der Waals surface area (Å²) in [7, 11) is 0. The lowest BCUT2D eigenvalue weighted by Gasteiger charge is -2.20. The number of benzene rings is 2. The van der Waals surface area contributed by atoms with E-state index in [0.717, 1.165) is 11.1 Å². The Hall–Kier alpha value is -2.85. The highest BCUT2D eigenvalue weighted by Gasteiger charge is 2.16. The zero-order chi connectivity index (χ0) is 17.5. The molecule has 25 heavy (non-hydrogen) atoms. The highest BCUT2D eigenvalue weighted by molar-refractivity contribution is 6.30. The predicted molar refractivity (Wildman–Crippen MR) is 97.6 cm³/mol. The molecule has 0 bridgehead atoms. The minimum atomic E-state index is -0.259. The van der Waals surface area contributed by atoms with Gasteiger partial charge in [-0.15, -0.1) is 0 Å². The number of amides is 1. The summed E-state index contributed by atoms with van der Waals surface area (Å²) in [6, 6.07) is 20.2. The van der Waals surface area contributed by atoms with Crippen LogP contribution in [0.2, 0.25) is 5.02 Å². The maximum Gasteiger partial charge on any atom is 0.258 e. The minimum Gasteiger partial charge on any atom is -0.484 e. The van der Waals surface area contributed by atoms with Crippen molar-refractivity contribution in [2.45, 2.75) is 6.04 Å². The number of nitrogens with one attached hydrogen (secondary N) is 1. The van der Waals surface area contributed by atoms with Gasteiger partial charge in [0.15, 0.2) is 6.61 Å². The summed E-state index contributed by atoms with van der Waals surface area (Å²) < 4.78 is 5.51. The summed E-state index contributed by atoms with van der Waals surface area (Å²) in [6.45, 7) is -0.0734. The molecule has 1 amide bonds. The number of nitrogens with zero attached hydrogens (tertiary/aromatic N) is 1. The Morgan fingerprint density at radius 2 is 1.60 bits per heavy atom. The summed E-state index contributed by atoms with van der Waals surface area (Å²) in [4.78, 5) is 16.4. The monoisotopic (exact) mass is 352 g/mol. The second-order valence-corrected chi connectivity index (χ2v) is 5.87. The molecule has 2 aromatic carbocycles. The van der Waals surface area contributed by atoms with Gasteiger partial charge in [0.25, 0.3) is 5.91 Å². The Bertz CT molecular complexity index is 769. The SMILES string of the molecule is O=C(COc1ccc(Cl)cc1)NC(c1ccccc1)c1ccncc1. The Labute approximate surface area is 151 Å². The zero-order valence-corrected chi connectivity index (χ0v) is 14.2. The van der Waals surface area contributed by atoms with E-state index in [-0.39, 0.29) is 18.6 Å². The number of hydrogen-bond donors (Lipinski definition) is 1. The number of aromatic nitrogens is 1. The van der Waals surface area contributed by atoms with E-state index < -0.39 is 0 Å². The fraction of sp³-hybridized carbons (Fsp3) is 0.100. The summed E-state index contributed by atoms with van der Waals surface area (Å²) in [5.74, 6) is 0.389. The molecule has 4 nitrogen and oxygen atoms in total. The van der Waals surface area contributed by atoms with Gasteiger partial charge in [0, 0.05) is 17.4 Å². The smallest absolute Gasteiger partial charge is 0.258 e. The molecule has 0 fully saturated rings. The molecule has 0 saturated carbocycles. The third-order valence-corrected chi connectivity index (χ3v) is 3.91. The predicted octanol–water partition coefficient (Wildman–Crippen LogP) is 4.02. The van der Waals surface area contributed by atoms with E-state index in [4.69, 9.17) is 16.3 Å². The Morgan fingerprint density at radius 1 is 0.960 bits per heavy atom. The maximum absolute atomic E-state index is 12.4. The average Bonchev–Trinajstić information content (AvgIpc) is 2.67. The number of hydrogen-bond acceptors (Lipinski definition) is 3. The summed E-state index contributed by atoms with van der Waals surface area (Å²) in [5, 5.41) is 3.64. The molecule has 126 valence electrons. The van der Waals surface area contributed by atoms with E-state index in [1.807, 2.05) is 42.5 Å². The Kier molecular flexibility index (Phi) is 5.65. The van der Waals surface area contributed by atoms with Crippen molar-refractivity contribution in [3.8, 4) is 5.75 Å². The molecule has 1 N–H and O–H groups in total. The fourth-order valence-corrected chi connectivity index (χ4v) is 2.57. The van der Waals surface area contributed by atoms with Crippen LogP contribution in [-0.2, 0) is 4.79 Å². The third kappa shape index (κ3) is 4.81. The molecule has 0 spiro atoms. The first kappa shape index (κ1) is 17.0. The van der Waals surface area contributed by atoms with Crippen LogP contribution in [0.4, 0.5) is 0 Å². The van der Waals surface area contributed by atoms with Crippen LogP contribution in [0.3, 0.4) is 0 Å². The van der Waals surface area contributed by atoms with Gasteiger partial charge in [-0.3, -0.25) is 9.78 Å². The van der Waals surface area contributed by atoms with Gasteiger partial charge in [-0.1, -0.05) is 41.9 Å². The van der Waals surface area contributed by atoms with Gasteiger partial charge in [-0.05, 0) is 47.5 Å². The first-order chi connectivity index (χ1) is 12.2. The van der Waals surface area contributed by atoms with Crippen LogP contribution >= 0.6 is 11.6 Å². The quantitative estimate of drug-likeness (QED) is 0.729. The van der Waals surface area contributed by atoms with E-state index in [2.05, 4.69) is 10.3 Å². The number of carbonyl (C=O) groups excluding carboxylic acids is 1. The Morgan fingerprint density at radius 3 is 2.28 bits per heavy atom. The second kappa shape index (κ2) is 8.31. The molecular weight excluding hydrogens is 336 g/mol. The van der Waals surface area contributed by atoms with Crippen molar-refractivity contribution in [1.82, 2.24) is 10.3 Å².